The van der Waals surface area contributed by atoms with E-state index < -0.39 is 0 Å². The first kappa shape index (κ1) is 6.09. The highest BCUT2D eigenvalue weighted by Crippen LogP contribution is 2.09. The second-order valence-corrected chi connectivity index (χ2v) is 2.31. The largest absolute Gasteiger partial charge is 0.0876 e. The molecule has 1 aliphatic rings. The van der Waals surface area contributed by atoms with Crippen LogP contribution in [-0.2, 0) is 0 Å². The van der Waals surface area contributed by atoms with Gasteiger partial charge in [-0.05, 0) is 18.4 Å². The summed E-state index contributed by atoms with van der Waals surface area (Å²) in [4.78, 5) is 0. The van der Waals surface area contributed by atoms with E-state index >= 15 is 0 Å². The number of rotatable bonds is 1. The predicted molar refractivity (Wildman–Crippen MR) is 39.9 cm³/mol. The zero-order valence-corrected chi connectivity index (χ0v) is 6.19. The zero-order valence-electron chi connectivity index (χ0n) is 4.60. The van der Waals surface area contributed by atoms with E-state index in [4.69, 9.17) is 0 Å². The highest BCUT2D eigenvalue weighted by Gasteiger charge is 1.92. The van der Waals surface area contributed by atoms with Crippen LogP contribution < -0.4 is 0 Å². The van der Waals surface area contributed by atoms with Gasteiger partial charge in [0, 0.05) is 5.33 Å². The topological polar surface area (TPSA) is 0 Å². The summed E-state index contributed by atoms with van der Waals surface area (Å²) in [5.41, 5.74) is 1.36. The molecule has 0 aliphatic heterocycles. The third-order valence-electron chi connectivity index (χ3n) is 1.09. The first-order valence-corrected chi connectivity index (χ1v) is 3.80. The summed E-state index contributed by atoms with van der Waals surface area (Å²) in [6.07, 6.45) is 9.72. The molecule has 0 saturated heterocycles. The summed E-state index contributed by atoms with van der Waals surface area (Å²) < 4.78 is 0. The van der Waals surface area contributed by atoms with Gasteiger partial charge in [-0.2, -0.15) is 0 Å². The van der Waals surface area contributed by atoms with Crippen LogP contribution in [0.25, 0.3) is 0 Å². The molecule has 0 aromatic carbocycles. The Balaban J connectivity index is 2.51. The highest BCUT2D eigenvalue weighted by molar-refractivity contribution is 9.09. The van der Waals surface area contributed by atoms with E-state index in [1.807, 2.05) is 0 Å². The average Bonchev–Trinajstić information content (AvgIpc) is 1.90. The van der Waals surface area contributed by atoms with E-state index in [0.29, 0.717) is 0 Å². The summed E-state index contributed by atoms with van der Waals surface area (Å²) in [5, 5.41) is 0.972. The van der Waals surface area contributed by atoms with Gasteiger partial charge in [0.1, 0.15) is 0 Å². The molecule has 0 fully saturated rings. The molecule has 0 N–H and O–H groups in total. The van der Waals surface area contributed by atoms with E-state index in [0.717, 1.165) is 11.8 Å². The maximum Gasteiger partial charge on any atom is 0.0279 e. The fourth-order valence-corrected chi connectivity index (χ4v) is 1.04. The van der Waals surface area contributed by atoms with E-state index in [-0.39, 0.29) is 0 Å². The molecule has 0 bridgehead atoms. The summed E-state index contributed by atoms with van der Waals surface area (Å²) in [7, 11) is 0. The van der Waals surface area contributed by atoms with Gasteiger partial charge in [-0.25, -0.2) is 0 Å². The van der Waals surface area contributed by atoms with Crippen LogP contribution >= 0.6 is 15.9 Å². The van der Waals surface area contributed by atoms with Crippen molar-refractivity contribution in [3.05, 3.63) is 30.2 Å². The van der Waals surface area contributed by atoms with Crippen LogP contribution in [0.1, 0.15) is 6.42 Å². The molecule has 43 valence electrons. The molecule has 0 aromatic rings. The van der Waals surface area contributed by atoms with E-state index in [2.05, 4.69) is 40.6 Å². The summed E-state index contributed by atoms with van der Waals surface area (Å²) in [6.45, 7) is 0. The van der Waals surface area contributed by atoms with E-state index in [1.165, 1.54) is 5.57 Å². The van der Waals surface area contributed by atoms with Crippen LogP contribution in [-0.4, -0.2) is 5.33 Å². The van der Waals surface area contributed by atoms with Crippen molar-refractivity contribution in [1.29, 1.82) is 0 Å². The summed E-state index contributed by atoms with van der Waals surface area (Å²) >= 11 is 3.37. The Morgan fingerprint density at radius 3 is 2.88 bits per heavy atom. The third-order valence-corrected chi connectivity index (χ3v) is 1.74. The molecule has 0 nitrogen and oxygen atoms in total. The van der Waals surface area contributed by atoms with Crippen molar-refractivity contribution in [2.45, 2.75) is 6.42 Å². The standard InChI is InChI=1S/C7H8Br/c8-6-7-4-2-1-3-5-7/h2-5H,1,6H2. The molecular weight excluding hydrogens is 164 g/mol. The molecule has 0 saturated carbocycles. The molecule has 0 aromatic heterocycles. The van der Waals surface area contributed by atoms with Crippen molar-refractivity contribution >= 4 is 15.9 Å². The normalized spacial score (nSPS) is 18.4. The van der Waals surface area contributed by atoms with Gasteiger partial charge in [0.2, 0.25) is 0 Å². The van der Waals surface area contributed by atoms with Crippen LogP contribution in [0.5, 0.6) is 0 Å². The van der Waals surface area contributed by atoms with Crippen molar-refractivity contribution in [2.75, 3.05) is 5.33 Å². The maximum absolute atomic E-state index is 3.37. The molecule has 1 heteroatoms. The minimum absolute atomic E-state index is 0.972. The Kier molecular flexibility index (Phi) is 2.34. The number of hydrogen-bond acceptors (Lipinski definition) is 0. The van der Waals surface area contributed by atoms with Gasteiger partial charge in [0.25, 0.3) is 0 Å². The molecule has 0 atom stereocenters. The van der Waals surface area contributed by atoms with Crippen molar-refractivity contribution in [2.24, 2.45) is 0 Å². The van der Waals surface area contributed by atoms with Gasteiger partial charge >= 0.3 is 0 Å². The second kappa shape index (κ2) is 3.08. The van der Waals surface area contributed by atoms with Gasteiger partial charge in [-0.1, -0.05) is 34.2 Å². The SMILES string of the molecule is BrCC1=C[CH]CC=C1. The third kappa shape index (κ3) is 1.48. The van der Waals surface area contributed by atoms with Crippen LogP contribution in [0.15, 0.2) is 23.8 Å². The first-order chi connectivity index (χ1) is 3.93. The summed E-state index contributed by atoms with van der Waals surface area (Å²) in [6, 6.07) is 0. The lowest BCUT2D eigenvalue weighted by molar-refractivity contribution is 1.23. The molecule has 0 heterocycles. The maximum atomic E-state index is 3.37. The van der Waals surface area contributed by atoms with Gasteiger partial charge < -0.3 is 0 Å². The Morgan fingerprint density at radius 1 is 1.62 bits per heavy atom. The van der Waals surface area contributed by atoms with E-state index in [1.54, 1.807) is 0 Å². The number of hydrogen-bond donors (Lipinski definition) is 0. The highest BCUT2D eigenvalue weighted by atomic mass is 79.9. The molecule has 0 unspecified atom stereocenters. The van der Waals surface area contributed by atoms with Crippen LogP contribution in [0.3, 0.4) is 0 Å². The van der Waals surface area contributed by atoms with Gasteiger partial charge in [0.15, 0.2) is 0 Å². The number of allylic oxidation sites excluding steroid dienone is 4. The minimum Gasteiger partial charge on any atom is -0.0876 e. The van der Waals surface area contributed by atoms with Crippen molar-refractivity contribution in [1.82, 2.24) is 0 Å². The van der Waals surface area contributed by atoms with Crippen molar-refractivity contribution < 1.29 is 0 Å². The molecule has 0 spiro atoms. The molecule has 1 radical (unpaired) electrons. The Hall–Kier alpha value is -0.0400. The van der Waals surface area contributed by atoms with Crippen LogP contribution in [0, 0.1) is 6.42 Å². The minimum atomic E-state index is 0.972. The van der Waals surface area contributed by atoms with Crippen LogP contribution in [0.2, 0.25) is 0 Å². The second-order valence-electron chi connectivity index (χ2n) is 1.75. The van der Waals surface area contributed by atoms with Gasteiger partial charge in [-0.3, -0.25) is 0 Å². The predicted octanol–water partition coefficient (Wildman–Crippen LogP) is 2.47. The number of halogens is 1. The fraction of sp³-hybridized carbons (Fsp3) is 0.286. The van der Waals surface area contributed by atoms with Gasteiger partial charge in [0.05, 0.1) is 0 Å². The Labute approximate surface area is 58.4 Å². The van der Waals surface area contributed by atoms with Gasteiger partial charge in [-0.15, -0.1) is 0 Å². The van der Waals surface area contributed by atoms with Crippen LogP contribution in [0.4, 0.5) is 0 Å². The smallest absolute Gasteiger partial charge is 0.0279 e. The summed E-state index contributed by atoms with van der Waals surface area (Å²) in [5.74, 6) is 0. The monoisotopic (exact) mass is 171 g/mol. The molecular formula is C7H8Br. The molecule has 0 amide bonds. The Morgan fingerprint density at radius 2 is 2.50 bits per heavy atom. The molecule has 1 rings (SSSR count). The lowest BCUT2D eigenvalue weighted by Crippen LogP contribution is -1.84. The quantitative estimate of drug-likeness (QED) is 0.533. The van der Waals surface area contributed by atoms with Crippen molar-refractivity contribution in [3.8, 4) is 0 Å². The van der Waals surface area contributed by atoms with E-state index in [9.17, 15) is 0 Å². The molecule has 8 heavy (non-hydrogen) atoms. The lowest BCUT2D eigenvalue weighted by atomic mass is 10.1. The average molecular weight is 172 g/mol. The first-order valence-electron chi connectivity index (χ1n) is 2.68. The Bertz CT molecular complexity index is 122. The number of alkyl halides is 1. The zero-order chi connectivity index (χ0) is 5.82. The fourth-order valence-electron chi connectivity index (χ4n) is 0.662. The van der Waals surface area contributed by atoms with Crippen molar-refractivity contribution in [3.63, 3.8) is 0 Å². The lowest BCUT2D eigenvalue weighted by Gasteiger charge is -1.99. The molecule has 1 aliphatic carbocycles.